The Kier molecular flexibility index (Phi) is 14.4. The van der Waals surface area contributed by atoms with Gasteiger partial charge in [-0.1, -0.05) is 110 Å². The van der Waals surface area contributed by atoms with Crippen molar-refractivity contribution < 1.29 is 18.5 Å². The molecule has 0 aliphatic heterocycles. The van der Waals surface area contributed by atoms with Gasteiger partial charge in [0.2, 0.25) is 0 Å². The van der Waals surface area contributed by atoms with Gasteiger partial charge in [0, 0.05) is 0 Å². The lowest BCUT2D eigenvalue weighted by molar-refractivity contribution is 0.200. The van der Waals surface area contributed by atoms with E-state index in [0.29, 0.717) is 5.75 Å². The van der Waals surface area contributed by atoms with Gasteiger partial charge < -0.3 is 4.52 Å². The molecule has 0 saturated heterocycles. The normalized spacial score (nSPS) is 14.5. The van der Waals surface area contributed by atoms with Crippen LogP contribution in [0.1, 0.15) is 116 Å². The van der Waals surface area contributed by atoms with Crippen molar-refractivity contribution in [1.29, 1.82) is 0 Å². The molecule has 1 aromatic rings. The zero-order chi connectivity index (χ0) is 21.4. The highest BCUT2D eigenvalue weighted by Gasteiger charge is 2.25. The molecule has 168 valence electrons. The maximum atomic E-state index is 12.2. The van der Waals surface area contributed by atoms with Crippen LogP contribution in [0.4, 0.5) is 0 Å². The minimum absolute atomic E-state index is 0.237. The summed E-state index contributed by atoms with van der Waals surface area (Å²) in [5, 5.41) is 0. The molecule has 0 saturated carbocycles. The van der Waals surface area contributed by atoms with Gasteiger partial charge >= 0.3 is 7.82 Å². The van der Waals surface area contributed by atoms with Crippen LogP contribution in [0.25, 0.3) is 0 Å². The summed E-state index contributed by atoms with van der Waals surface area (Å²) in [7, 11) is -4.07. The first kappa shape index (κ1) is 26.2. The van der Waals surface area contributed by atoms with Crippen LogP contribution in [0, 0.1) is 0 Å². The van der Waals surface area contributed by atoms with Gasteiger partial charge in [-0.05, 0) is 30.4 Å². The molecule has 1 rings (SSSR count). The van der Waals surface area contributed by atoms with Gasteiger partial charge in [-0.2, -0.15) is 0 Å². The number of hydrogen-bond donors (Lipinski definition) is 1. The second-order valence-electron chi connectivity index (χ2n) is 8.16. The molecule has 5 heteroatoms. The summed E-state index contributed by atoms with van der Waals surface area (Å²) < 4.78 is 22.6. The second-order valence-corrected chi connectivity index (χ2v) is 9.53. The van der Waals surface area contributed by atoms with Gasteiger partial charge in [0.05, 0.1) is 6.61 Å². The topological polar surface area (TPSA) is 55.8 Å². The van der Waals surface area contributed by atoms with Crippen LogP contribution in [-0.2, 0) is 9.09 Å². The fourth-order valence-electron chi connectivity index (χ4n) is 3.54. The van der Waals surface area contributed by atoms with E-state index in [0.717, 1.165) is 24.8 Å². The minimum atomic E-state index is -4.07. The van der Waals surface area contributed by atoms with Crippen LogP contribution in [0.15, 0.2) is 24.3 Å². The summed E-state index contributed by atoms with van der Waals surface area (Å²) in [4.78, 5) is 9.98. The van der Waals surface area contributed by atoms with Crippen molar-refractivity contribution in [2.75, 3.05) is 6.61 Å². The van der Waals surface area contributed by atoms with E-state index < -0.39 is 7.82 Å². The number of rotatable bonds is 18. The predicted octanol–water partition coefficient (Wildman–Crippen LogP) is 8.40. The molecule has 0 aliphatic carbocycles. The fraction of sp³-hybridized carbons (Fsp3) is 0.750. The summed E-state index contributed by atoms with van der Waals surface area (Å²) in [6.07, 6.45) is 16.0. The van der Waals surface area contributed by atoms with Crippen LogP contribution < -0.4 is 4.52 Å². The standard InChI is InChI=1S/C24H43O4P/c1-4-6-8-9-10-11-12-13-14-15-18-22(3)23-19-16-17-20-24(23)28-29(25,26)27-21-7-5-2/h16-17,19-20,22H,4-15,18,21H2,1-3H3,(H,25,26). The number of para-hydroxylation sites is 1. The first-order chi connectivity index (χ1) is 14.0. The Morgan fingerprint density at radius 2 is 1.41 bits per heavy atom. The van der Waals surface area contributed by atoms with Gasteiger partial charge in [0.15, 0.2) is 0 Å². The monoisotopic (exact) mass is 426 g/mol. The highest BCUT2D eigenvalue weighted by atomic mass is 31.2. The zero-order valence-corrected chi connectivity index (χ0v) is 19.8. The fourth-order valence-corrected chi connectivity index (χ4v) is 4.37. The number of benzene rings is 1. The lowest BCUT2D eigenvalue weighted by Crippen LogP contribution is -2.03. The molecule has 2 atom stereocenters. The molecule has 1 N–H and O–H groups in total. The third-order valence-corrected chi connectivity index (χ3v) is 6.34. The summed E-state index contributed by atoms with van der Waals surface area (Å²) in [5.41, 5.74) is 0.983. The van der Waals surface area contributed by atoms with Gasteiger partial charge in [-0.25, -0.2) is 4.57 Å². The van der Waals surface area contributed by atoms with Crippen molar-refractivity contribution in [2.24, 2.45) is 0 Å². The number of hydrogen-bond acceptors (Lipinski definition) is 3. The van der Waals surface area contributed by atoms with E-state index in [1.807, 2.05) is 25.1 Å². The average Bonchev–Trinajstić information content (AvgIpc) is 2.69. The van der Waals surface area contributed by atoms with Crippen molar-refractivity contribution in [3.8, 4) is 5.75 Å². The largest absolute Gasteiger partial charge is 0.527 e. The van der Waals surface area contributed by atoms with Crippen molar-refractivity contribution in [3.05, 3.63) is 29.8 Å². The SMILES string of the molecule is CCCCCCCCCCCCC(C)c1ccccc1OP(=O)(O)OCCCC. The van der Waals surface area contributed by atoms with Crippen molar-refractivity contribution in [2.45, 2.75) is 110 Å². The molecular weight excluding hydrogens is 383 g/mol. The predicted molar refractivity (Wildman–Crippen MR) is 123 cm³/mol. The number of unbranched alkanes of at least 4 members (excludes halogenated alkanes) is 10. The molecule has 0 fully saturated rings. The molecule has 0 spiro atoms. The van der Waals surface area contributed by atoms with Gasteiger partial charge in [-0.15, -0.1) is 0 Å². The van der Waals surface area contributed by atoms with Crippen molar-refractivity contribution >= 4 is 7.82 Å². The zero-order valence-electron chi connectivity index (χ0n) is 18.9. The second kappa shape index (κ2) is 15.9. The summed E-state index contributed by atoms with van der Waals surface area (Å²) in [6, 6.07) is 7.54. The lowest BCUT2D eigenvalue weighted by atomic mass is 9.94. The Labute approximate surface area is 179 Å². The molecule has 1 aromatic carbocycles. The minimum Gasteiger partial charge on any atom is -0.404 e. The van der Waals surface area contributed by atoms with E-state index in [-0.39, 0.29) is 12.5 Å². The first-order valence-corrected chi connectivity index (χ1v) is 13.3. The van der Waals surface area contributed by atoms with Crippen LogP contribution in [0.5, 0.6) is 5.75 Å². The molecule has 4 nitrogen and oxygen atoms in total. The van der Waals surface area contributed by atoms with E-state index in [1.54, 1.807) is 6.07 Å². The number of phosphoric ester groups is 1. The summed E-state index contributed by atoms with van der Waals surface area (Å²) in [6.45, 7) is 6.67. The van der Waals surface area contributed by atoms with E-state index in [9.17, 15) is 9.46 Å². The highest BCUT2D eigenvalue weighted by Crippen LogP contribution is 2.46. The molecule has 0 bridgehead atoms. The van der Waals surface area contributed by atoms with E-state index in [4.69, 9.17) is 9.05 Å². The van der Waals surface area contributed by atoms with E-state index in [2.05, 4.69) is 13.8 Å². The van der Waals surface area contributed by atoms with Crippen LogP contribution in [-0.4, -0.2) is 11.5 Å². The Bertz CT molecular complexity index is 576. The quantitative estimate of drug-likeness (QED) is 0.189. The maximum absolute atomic E-state index is 12.2. The lowest BCUT2D eigenvalue weighted by Gasteiger charge is -2.19. The Morgan fingerprint density at radius 1 is 0.862 bits per heavy atom. The van der Waals surface area contributed by atoms with Gasteiger partial charge in [0.1, 0.15) is 5.75 Å². The van der Waals surface area contributed by atoms with Gasteiger partial charge in [0.25, 0.3) is 0 Å². The summed E-state index contributed by atoms with van der Waals surface area (Å²) >= 11 is 0. The number of phosphoric acid groups is 1. The highest BCUT2D eigenvalue weighted by molar-refractivity contribution is 7.47. The van der Waals surface area contributed by atoms with E-state index in [1.165, 1.54) is 64.2 Å². The Morgan fingerprint density at radius 3 is 2.03 bits per heavy atom. The van der Waals surface area contributed by atoms with Crippen LogP contribution in [0.3, 0.4) is 0 Å². The maximum Gasteiger partial charge on any atom is 0.527 e. The van der Waals surface area contributed by atoms with E-state index >= 15 is 0 Å². The van der Waals surface area contributed by atoms with Gasteiger partial charge in [-0.3, -0.25) is 9.42 Å². The van der Waals surface area contributed by atoms with Crippen molar-refractivity contribution in [3.63, 3.8) is 0 Å². The molecule has 29 heavy (non-hydrogen) atoms. The molecule has 2 unspecified atom stereocenters. The molecule has 0 radical (unpaired) electrons. The third kappa shape index (κ3) is 12.5. The Balaban J connectivity index is 2.34. The third-order valence-electron chi connectivity index (χ3n) is 5.41. The first-order valence-electron chi connectivity index (χ1n) is 11.8. The Hall–Kier alpha value is -0.830. The van der Waals surface area contributed by atoms with Crippen LogP contribution >= 0.6 is 7.82 Å². The van der Waals surface area contributed by atoms with Crippen molar-refractivity contribution in [1.82, 2.24) is 0 Å². The molecule has 0 aromatic heterocycles. The van der Waals surface area contributed by atoms with Crippen LogP contribution in [0.2, 0.25) is 0 Å². The molecule has 0 amide bonds. The molecule has 0 aliphatic rings. The smallest absolute Gasteiger partial charge is 0.404 e. The molecular formula is C24H43O4P. The molecule has 0 heterocycles. The summed E-state index contributed by atoms with van der Waals surface area (Å²) in [5.74, 6) is 0.755. The average molecular weight is 427 g/mol.